The maximum atomic E-state index is 12.4. The molecule has 2 atom stereocenters. The van der Waals surface area contributed by atoms with Gasteiger partial charge in [0.2, 0.25) is 11.8 Å². The van der Waals surface area contributed by atoms with E-state index in [2.05, 4.69) is 5.32 Å². The maximum absolute atomic E-state index is 12.4. The number of halogens is 2. The van der Waals surface area contributed by atoms with Crippen LogP contribution >= 0.6 is 23.2 Å². The van der Waals surface area contributed by atoms with Gasteiger partial charge in [0.1, 0.15) is 12.1 Å². The molecule has 2 amide bonds. The topological polar surface area (TPSA) is 49.4 Å². The van der Waals surface area contributed by atoms with Crippen molar-refractivity contribution in [3.63, 3.8) is 0 Å². The van der Waals surface area contributed by atoms with E-state index >= 15 is 0 Å². The fraction of sp³-hybridized carbons (Fsp3) is 0.467. The van der Waals surface area contributed by atoms with Crippen LogP contribution in [0.4, 0.5) is 0 Å². The highest BCUT2D eigenvalue weighted by Crippen LogP contribution is 2.38. The van der Waals surface area contributed by atoms with Crippen LogP contribution < -0.4 is 5.32 Å². The zero-order valence-corrected chi connectivity index (χ0v) is 13.1. The van der Waals surface area contributed by atoms with Crippen LogP contribution in [0.5, 0.6) is 0 Å². The van der Waals surface area contributed by atoms with Gasteiger partial charge < -0.3 is 10.2 Å². The van der Waals surface area contributed by atoms with Gasteiger partial charge in [-0.05, 0) is 43.4 Å². The van der Waals surface area contributed by atoms with Crippen molar-refractivity contribution >= 4 is 35.0 Å². The lowest BCUT2D eigenvalue weighted by Crippen LogP contribution is -2.62. The minimum absolute atomic E-state index is 0.0579. The molecule has 0 aromatic heterocycles. The van der Waals surface area contributed by atoms with E-state index in [9.17, 15) is 9.59 Å². The fourth-order valence-electron chi connectivity index (χ4n) is 2.78. The summed E-state index contributed by atoms with van der Waals surface area (Å²) >= 11 is 12.1. The van der Waals surface area contributed by atoms with E-state index in [1.54, 1.807) is 30.0 Å². The minimum Gasteiger partial charge on any atom is -0.343 e. The predicted molar refractivity (Wildman–Crippen MR) is 81.1 cm³/mol. The number of hydrogen-bond acceptors (Lipinski definition) is 2. The molecule has 1 aromatic carbocycles. The number of nitrogens with one attached hydrogen (secondary N) is 1. The van der Waals surface area contributed by atoms with Gasteiger partial charge in [0, 0.05) is 16.6 Å². The van der Waals surface area contributed by atoms with E-state index in [4.69, 9.17) is 23.2 Å². The van der Waals surface area contributed by atoms with Crippen LogP contribution in [0.1, 0.15) is 25.3 Å². The molecule has 0 bridgehead atoms. The molecule has 0 radical (unpaired) electrons. The van der Waals surface area contributed by atoms with Gasteiger partial charge in [-0.3, -0.25) is 9.59 Å². The molecule has 1 aliphatic carbocycles. The summed E-state index contributed by atoms with van der Waals surface area (Å²) in [6.07, 6.45) is 1.98. The molecule has 4 nitrogen and oxygen atoms in total. The molecular formula is C15H16Cl2N2O2. The molecule has 2 fully saturated rings. The molecule has 1 heterocycles. The van der Waals surface area contributed by atoms with E-state index in [-0.39, 0.29) is 23.8 Å². The summed E-state index contributed by atoms with van der Waals surface area (Å²) < 4.78 is 0. The zero-order valence-electron chi connectivity index (χ0n) is 11.6. The first-order valence-corrected chi connectivity index (χ1v) is 7.77. The predicted octanol–water partition coefficient (Wildman–Crippen LogP) is 2.62. The summed E-state index contributed by atoms with van der Waals surface area (Å²) in [6, 6.07) is 4.34. The third kappa shape index (κ3) is 2.87. The van der Waals surface area contributed by atoms with Gasteiger partial charge in [-0.1, -0.05) is 29.3 Å². The van der Waals surface area contributed by atoms with Gasteiger partial charge in [-0.2, -0.15) is 0 Å². The molecule has 2 aliphatic rings. The summed E-state index contributed by atoms with van der Waals surface area (Å²) in [4.78, 5) is 26.3. The molecular weight excluding hydrogens is 311 g/mol. The third-order valence-electron chi connectivity index (χ3n) is 4.04. The molecule has 2 unspecified atom stereocenters. The number of amides is 2. The molecule has 112 valence electrons. The van der Waals surface area contributed by atoms with Crippen LogP contribution in [0.3, 0.4) is 0 Å². The van der Waals surface area contributed by atoms with Crippen LogP contribution in [0, 0.1) is 5.92 Å². The molecule has 1 aliphatic heterocycles. The Morgan fingerprint density at radius 1 is 1.29 bits per heavy atom. The van der Waals surface area contributed by atoms with E-state index in [0.717, 1.165) is 18.4 Å². The first kappa shape index (κ1) is 14.7. The van der Waals surface area contributed by atoms with E-state index < -0.39 is 6.04 Å². The number of piperazine rings is 1. The third-order valence-corrected chi connectivity index (χ3v) is 4.63. The summed E-state index contributed by atoms with van der Waals surface area (Å²) in [7, 11) is 0. The van der Waals surface area contributed by atoms with Crippen molar-refractivity contribution in [2.45, 2.75) is 38.4 Å². The number of hydrogen-bond donors (Lipinski definition) is 1. The lowest BCUT2D eigenvalue weighted by atomic mass is 10.0. The van der Waals surface area contributed by atoms with Crippen molar-refractivity contribution in [2.75, 3.05) is 0 Å². The molecule has 0 spiro atoms. The van der Waals surface area contributed by atoms with Crippen molar-refractivity contribution in [3.8, 4) is 0 Å². The van der Waals surface area contributed by atoms with Crippen molar-refractivity contribution in [1.82, 2.24) is 10.2 Å². The summed E-state index contributed by atoms with van der Waals surface area (Å²) in [5.74, 6) is 0.153. The van der Waals surface area contributed by atoms with Gasteiger partial charge >= 0.3 is 0 Å². The van der Waals surface area contributed by atoms with Gasteiger partial charge in [0.05, 0.1) is 0 Å². The first-order valence-electron chi connectivity index (χ1n) is 7.02. The summed E-state index contributed by atoms with van der Waals surface area (Å²) in [6.45, 7) is 2.05. The molecule has 21 heavy (non-hydrogen) atoms. The Kier molecular flexibility index (Phi) is 3.84. The minimum atomic E-state index is -0.487. The molecule has 6 heteroatoms. The van der Waals surface area contributed by atoms with Crippen molar-refractivity contribution in [2.24, 2.45) is 5.92 Å². The smallest absolute Gasteiger partial charge is 0.245 e. The SMILES string of the molecule is CC1NC(=O)C(C2CC2)N(Cc2ccc(Cl)cc2Cl)C1=O. The highest BCUT2D eigenvalue weighted by molar-refractivity contribution is 6.35. The highest BCUT2D eigenvalue weighted by Gasteiger charge is 2.46. The van der Waals surface area contributed by atoms with E-state index in [1.807, 2.05) is 0 Å². The van der Waals surface area contributed by atoms with Crippen LogP contribution in [0.2, 0.25) is 10.0 Å². The Balaban J connectivity index is 1.88. The number of carbonyl (C=O) groups is 2. The van der Waals surface area contributed by atoms with Gasteiger partial charge in [0.25, 0.3) is 0 Å². The summed E-state index contributed by atoms with van der Waals surface area (Å²) in [5.41, 5.74) is 0.807. The van der Waals surface area contributed by atoms with Gasteiger partial charge in [-0.25, -0.2) is 0 Å². The Hall–Kier alpha value is -1.26. The Labute approximate surface area is 133 Å². The lowest BCUT2D eigenvalue weighted by Gasteiger charge is -2.38. The van der Waals surface area contributed by atoms with Crippen molar-refractivity contribution in [3.05, 3.63) is 33.8 Å². The molecule has 1 aromatic rings. The number of nitrogens with zero attached hydrogens (tertiary/aromatic N) is 1. The Bertz CT molecular complexity index is 601. The molecule has 1 saturated heterocycles. The second kappa shape index (κ2) is 5.50. The Morgan fingerprint density at radius 2 is 2.00 bits per heavy atom. The first-order chi connectivity index (χ1) is 9.97. The maximum Gasteiger partial charge on any atom is 0.245 e. The number of carbonyl (C=O) groups excluding carboxylic acids is 2. The second-order valence-corrected chi connectivity index (χ2v) is 6.56. The normalized spacial score (nSPS) is 26.0. The van der Waals surface area contributed by atoms with Crippen LogP contribution in [-0.4, -0.2) is 28.8 Å². The van der Waals surface area contributed by atoms with Gasteiger partial charge in [-0.15, -0.1) is 0 Å². The van der Waals surface area contributed by atoms with Crippen LogP contribution in [-0.2, 0) is 16.1 Å². The monoisotopic (exact) mass is 326 g/mol. The van der Waals surface area contributed by atoms with Gasteiger partial charge in [0.15, 0.2) is 0 Å². The van der Waals surface area contributed by atoms with E-state index in [1.165, 1.54) is 0 Å². The van der Waals surface area contributed by atoms with Crippen LogP contribution in [0.25, 0.3) is 0 Å². The van der Waals surface area contributed by atoms with Crippen molar-refractivity contribution in [1.29, 1.82) is 0 Å². The molecule has 1 saturated carbocycles. The molecule has 3 rings (SSSR count). The van der Waals surface area contributed by atoms with E-state index in [0.29, 0.717) is 16.6 Å². The number of rotatable bonds is 3. The average Bonchev–Trinajstić information content (AvgIpc) is 3.23. The quantitative estimate of drug-likeness (QED) is 0.928. The molecule has 1 N–H and O–H groups in total. The lowest BCUT2D eigenvalue weighted by molar-refractivity contribution is -0.150. The number of benzene rings is 1. The standard InChI is InChI=1S/C15H16Cl2N2O2/c1-8-15(21)19(13(9-2-3-9)14(20)18-8)7-10-4-5-11(16)6-12(10)17/h4-6,8-9,13H,2-3,7H2,1H3,(H,18,20). The second-order valence-electron chi connectivity index (χ2n) is 5.71. The highest BCUT2D eigenvalue weighted by atomic mass is 35.5. The fourth-order valence-corrected chi connectivity index (χ4v) is 3.25. The average molecular weight is 327 g/mol. The largest absolute Gasteiger partial charge is 0.343 e. The van der Waals surface area contributed by atoms with Crippen molar-refractivity contribution < 1.29 is 9.59 Å². The zero-order chi connectivity index (χ0) is 15.1. The summed E-state index contributed by atoms with van der Waals surface area (Å²) in [5, 5.41) is 3.83. The Morgan fingerprint density at radius 3 is 2.62 bits per heavy atom. The van der Waals surface area contributed by atoms with Crippen LogP contribution in [0.15, 0.2) is 18.2 Å².